The van der Waals surface area contributed by atoms with E-state index in [0.29, 0.717) is 9.92 Å². The lowest BCUT2D eigenvalue weighted by molar-refractivity contribution is 0.506. The molecule has 0 saturated carbocycles. The quantitative estimate of drug-likeness (QED) is 0.854. The molecular formula is C10H6ClF2N3S. The zero-order valence-electron chi connectivity index (χ0n) is 8.32. The van der Waals surface area contributed by atoms with Crippen LogP contribution in [-0.2, 0) is 0 Å². The average molecular weight is 274 g/mol. The van der Waals surface area contributed by atoms with Gasteiger partial charge in [-0.2, -0.15) is 0 Å². The highest BCUT2D eigenvalue weighted by Crippen LogP contribution is 2.33. The summed E-state index contributed by atoms with van der Waals surface area (Å²) in [6.45, 7) is 0. The SMILES string of the molecule is Nc1c(Cl)ncnc1Sc1ccc(F)c(F)c1. The van der Waals surface area contributed by atoms with E-state index < -0.39 is 11.6 Å². The molecule has 0 spiro atoms. The van der Waals surface area contributed by atoms with Crippen LogP contribution in [0.3, 0.4) is 0 Å². The molecule has 1 aromatic carbocycles. The largest absolute Gasteiger partial charge is 0.394 e. The van der Waals surface area contributed by atoms with Gasteiger partial charge in [-0.05, 0) is 18.2 Å². The van der Waals surface area contributed by atoms with Crippen molar-refractivity contribution in [2.75, 3.05) is 5.73 Å². The fourth-order valence-electron chi connectivity index (χ4n) is 1.09. The molecule has 2 N–H and O–H groups in total. The first kappa shape index (κ1) is 12.1. The van der Waals surface area contributed by atoms with Crippen LogP contribution in [0.4, 0.5) is 14.5 Å². The summed E-state index contributed by atoms with van der Waals surface area (Å²) >= 11 is 6.80. The van der Waals surface area contributed by atoms with Crippen molar-refractivity contribution in [2.24, 2.45) is 0 Å². The van der Waals surface area contributed by atoms with E-state index in [2.05, 4.69) is 9.97 Å². The second-order valence-electron chi connectivity index (χ2n) is 3.06. The fraction of sp³-hybridized carbons (Fsp3) is 0. The molecule has 0 amide bonds. The highest BCUT2D eigenvalue weighted by molar-refractivity contribution is 7.99. The molecule has 3 nitrogen and oxygen atoms in total. The molecular weight excluding hydrogens is 268 g/mol. The van der Waals surface area contributed by atoms with Crippen molar-refractivity contribution in [1.29, 1.82) is 0 Å². The summed E-state index contributed by atoms with van der Waals surface area (Å²) in [6.07, 6.45) is 1.25. The first-order valence-corrected chi connectivity index (χ1v) is 5.66. The summed E-state index contributed by atoms with van der Waals surface area (Å²) < 4.78 is 25.7. The zero-order valence-corrected chi connectivity index (χ0v) is 9.90. The number of rotatable bonds is 2. The van der Waals surface area contributed by atoms with Gasteiger partial charge in [0.25, 0.3) is 0 Å². The van der Waals surface area contributed by atoms with Crippen LogP contribution in [-0.4, -0.2) is 9.97 Å². The van der Waals surface area contributed by atoms with Gasteiger partial charge >= 0.3 is 0 Å². The maximum Gasteiger partial charge on any atom is 0.159 e. The van der Waals surface area contributed by atoms with Gasteiger partial charge in [0, 0.05) is 4.90 Å². The Morgan fingerprint density at radius 3 is 2.65 bits per heavy atom. The number of benzene rings is 1. The molecule has 88 valence electrons. The molecule has 0 saturated heterocycles. The molecule has 1 heterocycles. The highest BCUT2D eigenvalue weighted by Gasteiger charge is 2.09. The van der Waals surface area contributed by atoms with Crippen molar-refractivity contribution in [3.8, 4) is 0 Å². The third kappa shape index (κ3) is 2.65. The molecule has 0 fully saturated rings. The molecule has 0 radical (unpaired) electrons. The normalized spacial score (nSPS) is 10.5. The minimum absolute atomic E-state index is 0.130. The molecule has 0 bridgehead atoms. The number of nitrogens with zero attached hydrogens (tertiary/aromatic N) is 2. The van der Waals surface area contributed by atoms with E-state index in [1.807, 2.05) is 0 Å². The van der Waals surface area contributed by atoms with Gasteiger partial charge < -0.3 is 5.73 Å². The van der Waals surface area contributed by atoms with Gasteiger partial charge in [0.15, 0.2) is 16.8 Å². The molecule has 0 aliphatic carbocycles. The summed E-state index contributed by atoms with van der Waals surface area (Å²) in [6, 6.07) is 3.53. The van der Waals surface area contributed by atoms with Crippen LogP contribution in [0.5, 0.6) is 0 Å². The van der Waals surface area contributed by atoms with E-state index in [-0.39, 0.29) is 10.8 Å². The van der Waals surface area contributed by atoms with Gasteiger partial charge in [-0.15, -0.1) is 0 Å². The first-order chi connectivity index (χ1) is 8.08. The lowest BCUT2D eigenvalue weighted by Crippen LogP contribution is -1.95. The van der Waals surface area contributed by atoms with Crippen LogP contribution >= 0.6 is 23.4 Å². The molecule has 0 unspecified atom stereocenters. The minimum atomic E-state index is -0.922. The topological polar surface area (TPSA) is 51.8 Å². The Balaban J connectivity index is 2.31. The second-order valence-corrected chi connectivity index (χ2v) is 4.48. The standard InChI is InChI=1S/C10H6ClF2N3S/c11-9-8(14)10(16-4-15-9)17-5-1-2-6(12)7(13)3-5/h1-4H,14H2. The van der Waals surface area contributed by atoms with Crippen LogP contribution in [0.1, 0.15) is 0 Å². The number of hydrogen-bond donors (Lipinski definition) is 1. The summed E-state index contributed by atoms with van der Waals surface area (Å²) in [4.78, 5) is 8.08. The van der Waals surface area contributed by atoms with E-state index in [0.717, 1.165) is 23.9 Å². The van der Waals surface area contributed by atoms with E-state index >= 15 is 0 Å². The molecule has 17 heavy (non-hydrogen) atoms. The van der Waals surface area contributed by atoms with E-state index in [1.54, 1.807) is 0 Å². The van der Waals surface area contributed by atoms with E-state index in [1.165, 1.54) is 12.4 Å². The third-order valence-electron chi connectivity index (χ3n) is 1.90. The number of halogens is 3. The summed E-state index contributed by atoms with van der Waals surface area (Å²) in [5.74, 6) is -1.82. The first-order valence-electron chi connectivity index (χ1n) is 4.47. The summed E-state index contributed by atoms with van der Waals surface area (Å²) in [7, 11) is 0. The Hall–Kier alpha value is -1.40. The van der Waals surface area contributed by atoms with Crippen LogP contribution < -0.4 is 5.73 Å². The van der Waals surface area contributed by atoms with Crippen LogP contribution in [0.2, 0.25) is 5.15 Å². The van der Waals surface area contributed by atoms with Crippen molar-refractivity contribution in [1.82, 2.24) is 9.97 Å². The maximum atomic E-state index is 13.0. The summed E-state index contributed by atoms with van der Waals surface area (Å²) in [5.41, 5.74) is 5.86. The maximum absolute atomic E-state index is 13.0. The fourth-order valence-corrected chi connectivity index (χ4v) is 2.11. The van der Waals surface area contributed by atoms with Crippen LogP contribution in [0, 0.1) is 11.6 Å². The van der Waals surface area contributed by atoms with Gasteiger partial charge in [-0.3, -0.25) is 0 Å². The van der Waals surface area contributed by atoms with E-state index in [9.17, 15) is 8.78 Å². The Bertz CT molecular complexity index is 565. The Kier molecular flexibility index (Phi) is 3.44. The van der Waals surface area contributed by atoms with Crippen LogP contribution in [0.25, 0.3) is 0 Å². The Labute approximate surface area is 105 Å². The zero-order chi connectivity index (χ0) is 12.4. The highest BCUT2D eigenvalue weighted by atomic mass is 35.5. The number of nitrogens with two attached hydrogens (primary N) is 1. The Morgan fingerprint density at radius 1 is 1.18 bits per heavy atom. The Morgan fingerprint density at radius 2 is 1.94 bits per heavy atom. The van der Waals surface area contributed by atoms with Crippen molar-refractivity contribution in [2.45, 2.75) is 9.92 Å². The van der Waals surface area contributed by atoms with Crippen molar-refractivity contribution in [3.63, 3.8) is 0 Å². The van der Waals surface area contributed by atoms with Crippen molar-refractivity contribution >= 4 is 29.1 Å². The van der Waals surface area contributed by atoms with Gasteiger partial charge in [0.05, 0.1) is 0 Å². The molecule has 1 aromatic heterocycles. The number of hydrogen-bond acceptors (Lipinski definition) is 4. The lowest BCUT2D eigenvalue weighted by Gasteiger charge is -2.05. The molecule has 7 heteroatoms. The van der Waals surface area contributed by atoms with Crippen LogP contribution in [0.15, 0.2) is 34.4 Å². The number of nitrogen functional groups attached to an aromatic ring is 1. The number of aromatic nitrogens is 2. The number of anilines is 1. The monoisotopic (exact) mass is 273 g/mol. The third-order valence-corrected chi connectivity index (χ3v) is 3.21. The molecule has 2 aromatic rings. The minimum Gasteiger partial charge on any atom is -0.394 e. The predicted octanol–water partition coefficient (Wildman–Crippen LogP) is 3.14. The van der Waals surface area contributed by atoms with Gasteiger partial charge in [0.1, 0.15) is 17.0 Å². The van der Waals surface area contributed by atoms with Crippen molar-refractivity contribution < 1.29 is 8.78 Å². The molecule has 2 rings (SSSR count). The van der Waals surface area contributed by atoms with Crippen molar-refractivity contribution in [3.05, 3.63) is 41.3 Å². The second kappa shape index (κ2) is 4.85. The molecule has 0 aliphatic rings. The van der Waals surface area contributed by atoms with Gasteiger partial charge in [0.2, 0.25) is 0 Å². The molecule has 0 atom stereocenters. The predicted molar refractivity (Wildman–Crippen MR) is 61.9 cm³/mol. The van der Waals surface area contributed by atoms with E-state index in [4.69, 9.17) is 17.3 Å². The van der Waals surface area contributed by atoms with Gasteiger partial charge in [-0.25, -0.2) is 18.7 Å². The molecule has 0 aliphatic heterocycles. The van der Waals surface area contributed by atoms with Gasteiger partial charge in [-0.1, -0.05) is 23.4 Å². The average Bonchev–Trinajstić information content (AvgIpc) is 2.30. The smallest absolute Gasteiger partial charge is 0.159 e. The lowest BCUT2D eigenvalue weighted by atomic mass is 10.3. The summed E-state index contributed by atoms with van der Waals surface area (Å²) in [5, 5.41) is 0.529.